The number of nitrogens with zero attached hydrogens (tertiary/aromatic N) is 2. The number of hydrogen-bond donors (Lipinski definition) is 1. The van der Waals surface area contributed by atoms with Crippen molar-refractivity contribution in [3.05, 3.63) is 70.5 Å². The summed E-state index contributed by atoms with van der Waals surface area (Å²) in [5, 5.41) is 6.12. The molecule has 1 atom stereocenters. The lowest BCUT2D eigenvalue weighted by molar-refractivity contribution is 0.0295. The van der Waals surface area contributed by atoms with Crippen molar-refractivity contribution in [2.24, 2.45) is 7.05 Å². The topological polar surface area (TPSA) is 46.9 Å². The molecule has 9 heteroatoms. The Hall–Kier alpha value is -2.61. The molecule has 1 aliphatic rings. The molecule has 1 N–H and O–H groups in total. The van der Waals surface area contributed by atoms with Crippen molar-refractivity contribution in [1.82, 2.24) is 15.1 Å². The zero-order valence-corrected chi connectivity index (χ0v) is 14.7. The Bertz CT molecular complexity index is 919. The van der Waals surface area contributed by atoms with E-state index in [1.807, 2.05) is 0 Å². The Morgan fingerprint density at radius 1 is 1.30 bits per heavy atom. The minimum absolute atomic E-state index is 0.134. The first kappa shape index (κ1) is 19.2. The number of hydrogen-bond acceptors (Lipinski definition) is 2. The zero-order chi connectivity index (χ0) is 19.8. The van der Waals surface area contributed by atoms with E-state index in [1.165, 1.54) is 43.5 Å². The molecule has 27 heavy (non-hydrogen) atoms. The Kier molecular flexibility index (Phi) is 5.10. The normalized spacial score (nSPS) is 18.5. The van der Waals surface area contributed by atoms with Gasteiger partial charge in [-0.15, -0.1) is 0 Å². The smallest absolute Gasteiger partial charge is 0.290 e. The number of aryl methyl sites for hydroxylation is 1. The highest BCUT2D eigenvalue weighted by atomic mass is 35.5. The van der Waals surface area contributed by atoms with Gasteiger partial charge in [0.05, 0.1) is 5.56 Å². The number of alkyl halides is 4. The maximum absolute atomic E-state index is 14.5. The van der Waals surface area contributed by atoms with Crippen LogP contribution in [0.15, 0.2) is 48.7 Å². The van der Waals surface area contributed by atoms with Gasteiger partial charge in [0.25, 0.3) is 18.3 Å². The van der Waals surface area contributed by atoms with Crippen LogP contribution in [0.3, 0.4) is 0 Å². The lowest BCUT2D eigenvalue weighted by Gasteiger charge is -2.30. The molecule has 1 amide bonds. The summed E-state index contributed by atoms with van der Waals surface area (Å²) in [7, 11) is 1.36. The van der Waals surface area contributed by atoms with E-state index in [4.69, 9.17) is 11.6 Å². The number of benzene rings is 1. The number of allylic oxidation sites excluding steroid dienone is 2. The summed E-state index contributed by atoms with van der Waals surface area (Å²) < 4.78 is 56.2. The first-order valence-corrected chi connectivity index (χ1v) is 8.22. The monoisotopic (exact) mass is 399 g/mol. The van der Waals surface area contributed by atoms with Crippen LogP contribution in [0.5, 0.6) is 0 Å². The van der Waals surface area contributed by atoms with Gasteiger partial charge in [0.15, 0.2) is 0 Å². The molecule has 0 spiro atoms. The largest absolute Gasteiger partial charge is 0.339 e. The highest BCUT2D eigenvalue weighted by molar-refractivity contribution is 6.30. The van der Waals surface area contributed by atoms with Gasteiger partial charge in [-0.05, 0) is 29.3 Å². The number of carbonyl (C=O) groups excluding carboxylic acids is 1. The SMILES string of the molecule is Cn1cc(C(=O)NC2C(c3ccc(Cl)cc3)=CC=CC2(F)F)c(C(F)F)n1. The van der Waals surface area contributed by atoms with Gasteiger partial charge in [-0.3, -0.25) is 9.48 Å². The standard InChI is InChI=1S/C18H14ClF4N3O/c1-26-9-13(14(25-26)16(20)21)17(27)24-15-12(3-2-8-18(15,22)23)10-4-6-11(19)7-5-10/h2-9,15-16H,1H3,(H,24,27). The summed E-state index contributed by atoms with van der Waals surface area (Å²) in [4.78, 5) is 12.5. The van der Waals surface area contributed by atoms with E-state index in [0.29, 0.717) is 16.7 Å². The van der Waals surface area contributed by atoms with E-state index in [1.54, 1.807) is 0 Å². The molecule has 1 heterocycles. The van der Waals surface area contributed by atoms with Crippen LogP contribution in [0, 0.1) is 0 Å². The van der Waals surface area contributed by atoms with E-state index < -0.39 is 35.6 Å². The van der Waals surface area contributed by atoms with Crippen molar-refractivity contribution in [2.75, 3.05) is 0 Å². The van der Waals surface area contributed by atoms with Crippen LogP contribution in [-0.2, 0) is 7.05 Å². The predicted octanol–water partition coefficient (Wildman–Crippen LogP) is 4.40. The second-order valence-electron chi connectivity index (χ2n) is 5.97. The van der Waals surface area contributed by atoms with E-state index in [9.17, 15) is 22.4 Å². The number of amides is 1. The molecular weight excluding hydrogens is 386 g/mol. The van der Waals surface area contributed by atoms with Gasteiger partial charge in [-0.1, -0.05) is 35.9 Å². The molecular formula is C18H14ClF4N3O. The molecule has 0 saturated heterocycles. The van der Waals surface area contributed by atoms with Crippen LogP contribution in [0.25, 0.3) is 5.57 Å². The van der Waals surface area contributed by atoms with Gasteiger partial charge >= 0.3 is 0 Å². The lowest BCUT2D eigenvalue weighted by Crippen LogP contribution is -2.48. The molecule has 0 fully saturated rings. The van der Waals surface area contributed by atoms with E-state index in [-0.39, 0.29) is 5.57 Å². The molecule has 142 valence electrons. The molecule has 1 aliphatic carbocycles. The molecule has 2 aromatic rings. The fourth-order valence-electron chi connectivity index (χ4n) is 2.81. The zero-order valence-electron chi connectivity index (χ0n) is 14.0. The van der Waals surface area contributed by atoms with Crippen LogP contribution >= 0.6 is 11.6 Å². The first-order chi connectivity index (χ1) is 12.7. The molecule has 4 nitrogen and oxygen atoms in total. The van der Waals surface area contributed by atoms with Gasteiger partial charge in [0.2, 0.25) is 0 Å². The number of nitrogens with one attached hydrogen (secondary N) is 1. The summed E-state index contributed by atoms with van der Waals surface area (Å²) in [6.07, 6.45) is 1.32. The quantitative estimate of drug-likeness (QED) is 0.775. The highest BCUT2D eigenvalue weighted by Crippen LogP contribution is 2.35. The van der Waals surface area contributed by atoms with Gasteiger partial charge in [0.1, 0.15) is 11.7 Å². The maximum Gasteiger partial charge on any atom is 0.290 e. The Morgan fingerprint density at radius 2 is 1.96 bits per heavy atom. The number of halogens is 5. The van der Waals surface area contributed by atoms with Crippen LogP contribution in [-0.4, -0.2) is 27.7 Å². The third-order valence-corrected chi connectivity index (χ3v) is 4.30. The first-order valence-electron chi connectivity index (χ1n) is 7.85. The van der Waals surface area contributed by atoms with Gasteiger partial charge in [-0.25, -0.2) is 8.78 Å². The van der Waals surface area contributed by atoms with Crippen molar-refractivity contribution in [3.63, 3.8) is 0 Å². The Labute approximate surface area is 157 Å². The predicted molar refractivity (Wildman–Crippen MR) is 92.9 cm³/mol. The van der Waals surface area contributed by atoms with Crippen LogP contribution < -0.4 is 5.32 Å². The van der Waals surface area contributed by atoms with Gasteiger partial charge < -0.3 is 5.32 Å². The van der Waals surface area contributed by atoms with Crippen molar-refractivity contribution in [1.29, 1.82) is 0 Å². The van der Waals surface area contributed by atoms with Gasteiger partial charge in [-0.2, -0.15) is 13.9 Å². The van der Waals surface area contributed by atoms with Gasteiger partial charge in [0, 0.05) is 18.3 Å². The summed E-state index contributed by atoms with van der Waals surface area (Å²) >= 11 is 5.83. The number of rotatable bonds is 4. The van der Waals surface area contributed by atoms with Crippen molar-refractivity contribution in [2.45, 2.75) is 18.4 Å². The number of aromatic nitrogens is 2. The third kappa shape index (κ3) is 3.90. The third-order valence-electron chi connectivity index (χ3n) is 4.05. The number of carbonyl (C=O) groups is 1. The maximum atomic E-state index is 14.5. The minimum Gasteiger partial charge on any atom is -0.339 e. The van der Waals surface area contributed by atoms with Crippen molar-refractivity contribution >= 4 is 23.1 Å². The van der Waals surface area contributed by atoms with E-state index >= 15 is 0 Å². The molecule has 0 radical (unpaired) electrons. The van der Waals surface area contributed by atoms with Crippen molar-refractivity contribution in [3.8, 4) is 0 Å². The summed E-state index contributed by atoms with van der Waals surface area (Å²) in [5.41, 5.74) is -0.654. The van der Waals surface area contributed by atoms with Crippen LogP contribution in [0.1, 0.15) is 28.0 Å². The molecule has 0 bridgehead atoms. The average Bonchev–Trinajstić information content (AvgIpc) is 2.99. The average molecular weight is 400 g/mol. The summed E-state index contributed by atoms with van der Waals surface area (Å²) in [6, 6.07) is 4.41. The molecule has 0 aliphatic heterocycles. The fraction of sp³-hybridized carbons (Fsp3) is 0.222. The van der Waals surface area contributed by atoms with E-state index in [2.05, 4.69) is 10.4 Å². The second kappa shape index (κ2) is 7.19. The Balaban J connectivity index is 1.95. The minimum atomic E-state index is -3.41. The van der Waals surface area contributed by atoms with Crippen LogP contribution in [0.2, 0.25) is 5.02 Å². The highest BCUT2D eigenvalue weighted by Gasteiger charge is 2.43. The molecule has 1 aromatic heterocycles. The summed E-state index contributed by atoms with van der Waals surface area (Å²) in [5.74, 6) is -4.47. The molecule has 3 rings (SSSR count). The second-order valence-corrected chi connectivity index (χ2v) is 6.41. The van der Waals surface area contributed by atoms with Crippen molar-refractivity contribution < 1.29 is 22.4 Å². The van der Waals surface area contributed by atoms with E-state index in [0.717, 1.165) is 10.9 Å². The fourth-order valence-corrected chi connectivity index (χ4v) is 2.94. The molecule has 1 aromatic carbocycles. The summed E-state index contributed by atoms with van der Waals surface area (Å²) in [6.45, 7) is 0. The Morgan fingerprint density at radius 3 is 2.59 bits per heavy atom. The molecule has 0 saturated carbocycles. The molecule has 1 unspecified atom stereocenters. The lowest BCUT2D eigenvalue weighted by atomic mass is 9.89. The van der Waals surface area contributed by atoms with Crippen LogP contribution in [0.4, 0.5) is 17.6 Å².